The molecule has 0 saturated carbocycles. The van der Waals surface area contributed by atoms with Crippen LogP contribution in [-0.4, -0.2) is 18.6 Å². The van der Waals surface area contributed by atoms with Crippen LogP contribution in [0.1, 0.15) is 19.4 Å². The monoisotopic (exact) mass is 209 g/mol. The molecule has 0 aromatic heterocycles. The van der Waals surface area contributed by atoms with Gasteiger partial charge in [-0.05, 0) is 20.8 Å². The summed E-state index contributed by atoms with van der Waals surface area (Å²) in [6, 6.07) is 10.3. The summed E-state index contributed by atoms with van der Waals surface area (Å²) in [6.07, 6.45) is -0.0500. The summed E-state index contributed by atoms with van der Waals surface area (Å²) in [6.45, 7) is 5.62. The first-order valence-electron chi connectivity index (χ1n) is 4.97. The van der Waals surface area contributed by atoms with Crippen LogP contribution in [0.25, 0.3) is 0 Å². The van der Waals surface area contributed by atoms with Crippen molar-refractivity contribution >= 4 is 5.97 Å². The van der Waals surface area contributed by atoms with E-state index in [1.165, 1.54) is 5.56 Å². The number of esters is 1. The molecule has 1 aromatic rings. The molecule has 0 radical (unpaired) electrons. The Morgan fingerprint density at radius 3 is 2.07 bits per heavy atom. The zero-order valence-corrected chi connectivity index (χ0v) is 9.57. The summed E-state index contributed by atoms with van der Waals surface area (Å²) in [7, 11) is 0. The van der Waals surface area contributed by atoms with Crippen LogP contribution in [-0.2, 0) is 9.53 Å². The number of rotatable bonds is 2. The van der Waals surface area contributed by atoms with Gasteiger partial charge < -0.3 is 10.5 Å². The second-order valence-corrected chi connectivity index (χ2v) is 3.40. The predicted octanol–water partition coefficient (Wildman–Crippen LogP) is 1.89. The van der Waals surface area contributed by atoms with Crippen LogP contribution in [0.4, 0.5) is 0 Å². The van der Waals surface area contributed by atoms with E-state index in [9.17, 15) is 4.79 Å². The second kappa shape index (κ2) is 8.00. The smallest absolute Gasteiger partial charge is 0.319 e. The molecule has 0 aliphatic carbocycles. The van der Waals surface area contributed by atoms with Gasteiger partial charge in [0.05, 0.1) is 12.6 Å². The number of benzene rings is 1. The Bertz CT molecular complexity index is 270. The summed E-state index contributed by atoms with van der Waals surface area (Å²) in [4.78, 5) is 10.3. The van der Waals surface area contributed by atoms with Gasteiger partial charge >= 0.3 is 5.97 Å². The molecule has 15 heavy (non-hydrogen) atoms. The molecule has 0 fully saturated rings. The molecule has 84 valence electrons. The van der Waals surface area contributed by atoms with Crippen molar-refractivity contribution in [3.8, 4) is 0 Å². The van der Waals surface area contributed by atoms with E-state index in [-0.39, 0.29) is 18.6 Å². The lowest BCUT2D eigenvalue weighted by molar-refractivity contribution is -0.145. The summed E-state index contributed by atoms with van der Waals surface area (Å²) >= 11 is 0. The van der Waals surface area contributed by atoms with E-state index in [2.05, 4.69) is 23.8 Å². The number of hydrogen-bond acceptors (Lipinski definition) is 3. The van der Waals surface area contributed by atoms with Gasteiger partial charge in [-0.1, -0.05) is 35.9 Å². The molecule has 3 nitrogen and oxygen atoms in total. The second-order valence-electron chi connectivity index (χ2n) is 3.40. The van der Waals surface area contributed by atoms with Gasteiger partial charge in [-0.2, -0.15) is 0 Å². The molecular formula is C12H19NO2. The lowest BCUT2D eigenvalue weighted by Crippen LogP contribution is -2.20. The van der Waals surface area contributed by atoms with E-state index in [1.807, 2.05) is 18.2 Å². The highest BCUT2D eigenvalue weighted by Crippen LogP contribution is 1.92. The average molecular weight is 209 g/mol. The fourth-order valence-corrected chi connectivity index (χ4v) is 0.845. The zero-order chi connectivity index (χ0) is 11.7. The van der Waals surface area contributed by atoms with Gasteiger partial charge in [0.1, 0.15) is 0 Å². The van der Waals surface area contributed by atoms with Gasteiger partial charge in [0.2, 0.25) is 0 Å². The zero-order valence-electron chi connectivity index (χ0n) is 9.57. The first kappa shape index (κ1) is 13.7. The fraction of sp³-hybridized carbons (Fsp3) is 0.417. The van der Waals surface area contributed by atoms with Crippen LogP contribution in [0.15, 0.2) is 30.3 Å². The van der Waals surface area contributed by atoms with Crippen LogP contribution in [0.2, 0.25) is 0 Å². The van der Waals surface area contributed by atoms with Crippen molar-refractivity contribution < 1.29 is 9.53 Å². The lowest BCUT2D eigenvalue weighted by atomic mass is 10.2. The van der Waals surface area contributed by atoms with Crippen LogP contribution in [0, 0.1) is 6.92 Å². The number of hydrogen-bond donors (Lipinski definition) is 1. The predicted molar refractivity (Wildman–Crippen MR) is 61.5 cm³/mol. The Morgan fingerprint density at radius 2 is 1.87 bits per heavy atom. The molecule has 0 amide bonds. The minimum Gasteiger partial charge on any atom is -0.462 e. The molecule has 1 aromatic carbocycles. The number of ether oxygens (including phenoxy) is 1. The molecule has 0 unspecified atom stereocenters. The molecule has 0 atom stereocenters. The molecule has 1 rings (SSSR count). The van der Waals surface area contributed by atoms with Crippen LogP contribution in [0.5, 0.6) is 0 Å². The maximum absolute atomic E-state index is 10.3. The van der Waals surface area contributed by atoms with Crippen LogP contribution in [0.3, 0.4) is 0 Å². The van der Waals surface area contributed by atoms with E-state index < -0.39 is 0 Å². The molecule has 0 heterocycles. The van der Waals surface area contributed by atoms with Crippen molar-refractivity contribution in [3.05, 3.63) is 35.9 Å². The SMILES string of the molecule is CC(C)OC(=O)CN.Cc1ccccc1. The molecule has 0 aliphatic rings. The highest BCUT2D eigenvalue weighted by molar-refractivity contribution is 5.71. The molecule has 0 bridgehead atoms. The highest BCUT2D eigenvalue weighted by atomic mass is 16.5. The Labute approximate surface area is 91.2 Å². The van der Waals surface area contributed by atoms with Crippen molar-refractivity contribution in [2.24, 2.45) is 5.73 Å². The Kier molecular flexibility index (Phi) is 7.28. The summed E-state index contributed by atoms with van der Waals surface area (Å²) in [5, 5.41) is 0. The molecule has 2 N–H and O–H groups in total. The highest BCUT2D eigenvalue weighted by Gasteiger charge is 1.99. The van der Waals surface area contributed by atoms with Crippen molar-refractivity contribution in [3.63, 3.8) is 0 Å². The van der Waals surface area contributed by atoms with Crippen LogP contribution >= 0.6 is 0 Å². The first-order valence-corrected chi connectivity index (χ1v) is 4.97. The lowest BCUT2D eigenvalue weighted by Gasteiger charge is -2.04. The van der Waals surface area contributed by atoms with Gasteiger partial charge in [-0.15, -0.1) is 0 Å². The molecule has 0 spiro atoms. The third-order valence-corrected chi connectivity index (χ3v) is 1.47. The average Bonchev–Trinajstić information content (AvgIpc) is 2.19. The minimum atomic E-state index is -0.347. The maximum atomic E-state index is 10.3. The first-order chi connectivity index (χ1) is 7.06. The van der Waals surface area contributed by atoms with E-state index in [1.54, 1.807) is 13.8 Å². The van der Waals surface area contributed by atoms with E-state index >= 15 is 0 Å². The topological polar surface area (TPSA) is 52.3 Å². The van der Waals surface area contributed by atoms with Crippen molar-refractivity contribution in [1.82, 2.24) is 0 Å². The molecule has 0 aliphatic heterocycles. The maximum Gasteiger partial charge on any atom is 0.319 e. The minimum absolute atomic E-state index is 0.0296. The summed E-state index contributed by atoms with van der Waals surface area (Å²) in [5.41, 5.74) is 6.27. The third kappa shape index (κ3) is 8.97. The standard InChI is InChI=1S/C7H8.C5H11NO2/c1-7-5-3-2-4-6-7;1-4(2)8-5(7)3-6/h2-6H,1H3;4H,3,6H2,1-2H3. The Morgan fingerprint density at radius 1 is 1.33 bits per heavy atom. The quantitative estimate of drug-likeness (QED) is 0.757. The number of carbonyl (C=O) groups excluding carboxylic acids is 1. The third-order valence-electron chi connectivity index (χ3n) is 1.47. The van der Waals surface area contributed by atoms with Gasteiger partial charge in [0.25, 0.3) is 0 Å². The molecular weight excluding hydrogens is 190 g/mol. The largest absolute Gasteiger partial charge is 0.462 e. The fourth-order valence-electron chi connectivity index (χ4n) is 0.845. The summed E-state index contributed by atoms with van der Waals surface area (Å²) < 4.78 is 4.64. The van der Waals surface area contributed by atoms with Crippen molar-refractivity contribution in [2.75, 3.05) is 6.54 Å². The molecule has 3 heteroatoms. The number of aryl methyl sites for hydroxylation is 1. The van der Waals surface area contributed by atoms with Crippen molar-refractivity contribution in [1.29, 1.82) is 0 Å². The Hall–Kier alpha value is -1.35. The van der Waals surface area contributed by atoms with E-state index in [0.717, 1.165) is 0 Å². The van der Waals surface area contributed by atoms with E-state index in [4.69, 9.17) is 5.73 Å². The van der Waals surface area contributed by atoms with E-state index in [0.29, 0.717) is 0 Å². The van der Waals surface area contributed by atoms with Gasteiger partial charge in [-0.25, -0.2) is 0 Å². The van der Waals surface area contributed by atoms with Gasteiger partial charge in [0, 0.05) is 0 Å². The van der Waals surface area contributed by atoms with Crippen LogP contribution < -0.4 is 5.73 Å². The van der Waals surface area contributed by atoms with Gasteiger partial charge in [-0.3, -0.25) is 4.79 Å². The normalized spacial score (nSPS) is 9.13. The van der Waals surface area contributed by atoms with Gasteiger partial charge in [0.15, 0.2) is 0 Å². The number of nitrogens with two attached hydrogens (primary N) is 1. The number of carbonyl (C=O) groups is 1. The molecule has 0 saturated heterocycles. The Balaban J connectivity index is 0.000000262. The van der Waals surface area contributed by atoms with Crippen molar-refractivity contribution in [2.45, 2.75) is 26.9 Å². The summed E-state index contributed by atoms with van der Waals surface area (Å²) in [5.74, 6) is -0.347.